The number of rotatable bonds is 6. The Labute approximate surface area is 306 Å². The highest BCUT2D eigenvalue weighted by atomic mass is 16.6. The Balaban J connectivity index is 0.000000150. The summed E-state index contributed by atoms with van der Waals surface area (Å²) < 4.78 is 25.6. The lowest BCUT2D eigenvalue weighted by Crippen LogP contribution is -2.38. The molecule has 10 N–H and O–H groups in total. The fourth-order valence-corrected chi connectivity index (χ4v) is 6.28. The van der Waals surface area contributed by atoms with Crippen molar-refractivity contribution in [3.8, 4) is 0 Å². The highest BCUT2D eigenvalue weighted by molar-refractivity contribution is 5.85. The molecule has 2 unspecified atom stereocenters. The van der Waals surface area contributed by atoms with Gasteiger partial charge in [0.05, 0.1) is 42.1 Å². The van der Waals surface area contributed by atoms with E-state index in [0.717, 1.165) is 11.0 Å². The molecule has 6 aromatic rings. The maximum absolute atomic E-state index is 11.6. The largest absolute Gasteiger partial charge is 0.456 e. The molecular weight excluding hydrogens is 708 g/mol. The maximum Gasteiger partial charge on any atom is 0.303 e. The number of aliphatic hydroxyl groups excluding tert-OH is 3. The minimum absolute atomic E-state index is 0.281. The van der Waals surface area contributed by atoms with Gasteiger partial charge < -0.3 is 61.0 Å². The maximum atomic E-state index is 11.6. The van der Waals surface area contributed by atoms with Crippen LogP contribution in [0.4, 0.5) is 17.5 Å². The summed E-state index contributed by atoms with van der Waals surface area (Å²) in [5.41, 5.74) is 21.1. The summed E-state index contributed by atoms with van der Waals surface area (Å²) in [6.07, 6.45) is 3.40. The Morgan fingerprint density at radius 2 is 1.26 bits per heavy atom. The zero-order chi connectivity index (χ0) is 38.7. The van der Waals surface area contributed by atoms with E-state index in [1.54, 1.807) is 46.3 Å². The van der Waals surface area contributed by atoms with Crippen molar-refractivity contribution in [2.45, 2.75) is 76.3 Å². The van der Waals surface area contributed by atoms with Crippen LogP contribution in [0.15, 0.2) is 55.8 Å². The molecule has 286 valence electrons. The molecule has 8 heterocycles. The van der Waals surface area contributed by atoms with E-state index in [-0.39, 0.29) is 12.4 Å². The van der Waals surface area contributed by atoms with Crippen molar-refractivity contribution in [1.29, 1.82) is 0 Å². The van der Waals surface area contributed by atoms with Crippen LogP contribution in [0, 0.1) is 0 Å². The van der Waals surface area contributed by atoms with Crippen LogP contribution in [0.2, 0.25) is 0 Å². The quantitative estimate of drug-likeness (QED) is 0.113. The van der Waals surface area contributed by atoms with Crippen molar-refractivity contribution >= 4 is 62.5 Å². The molecule has 2 aliphatic heterocycles. The number of nitrogen functional groups attached to an aromatic ring is 3. The molecule has 2 saturated heterocycles. The van der Waals surface area contributed by atoms with Gasteiger partial charge in [-0.25, -0.2) is 29.9 Å². The van der Waals surface area contributed by atoms with E-state index in [0.29, 0.717) is 40.1 Å². The fraction of sp³-hybridized carbons (Fsp3) is 0.394. The number of nitrogens with two attached hydrogens (primary N) is 3. The molecule has 54 heavy (non-hydrogen) atoms. The van der Waals surface area contributed by atoms with Gasteiger partial charge in [0.2, 0.25) is 0 Å². The zero-order valence-electron chi connectivity index (χ0n) is 29.3. The lowest BCUT2D eigenvalue weighted by molar-refractivity contribution is -0.165. The molecule has 8 rings (SSSR count). The first kappa shape index (κ1) is 37.7. The van der Waals surface area contributed by atoms with E-state index in [9.17, 15) is 19.8 Å². The Hall–Kier alpha value is -6.00. The van der Waals surface area contributed by atoms with Crippen LogP contribution < -0.4 is 17.2 Å². The number of aromatic nitrogens is 9. The van der Waals surface area contributed by atoms with Crippen LogP contribution in [-0.2, 0) is 28.5 Å². The molecule has 0 radical (unpaired) electrons. The van der Waals surface area contributed by atoms with Gasteiger partial charge in [-0.1, -0.05) is 6.92 Å². The van der Waals surface area contributed by atoms with Gasteiger partial charge in [0.15, 0.2) is 42.1 Å². The summed E-state index contributed by atoms with van der Waals surface area (Å²) in [6, 6.07) is 5.26. The van der Waals surface area contributed by atoms with Crippen LogP contribution in [-0.4, -0.2) is 115 Å². The number of anilines is 3. The molecule has 0 saturated carbocycles. The summed E-state index contributed by atoms with van der Waals surface area (Å²) in [7, 11) is 0. The van der Waals surface area contributed by atoms with Gasteiger partial charge in [-0.05, 0) is 24.6 Å². The van der Waals surface area contributed by atoms with E-state index in [2.05, 4.69) is 34.9 Å². The zero-order valence-corrected chi connectivity index (χ0v) is 29.3. The number of hydrogen-bond acceptors (Lipinski definition) is 18. The van der Waals surface area contributed by atoms with E-state index < -0.39 is 61.0 Å². The van der Waals surface area contributed by atoms with Gasteiger partial charge in [-0.3, -0.25) is 14.2 Å². The number of ether oxygens (including phenoxy) is 4. The second-order valence-electron chi connectivity index (χ2n) is 12.3. The number of imidazole rings is 3. The highest BCUT2D eigenvalue weighted by Gasteiger charge is 2.49. The van der Waals surface area contributed by atoms with Crippen molar-refractivity contribution in [2.75, 3.05) is 23.8 Å². The molecule has 21 nitrogen and oxygen atoms in total. The second kappa shape index (κ2) is 15.9. The number of pyridine rings is 3. The highest BCUT2D eigenvalue weighted by Crippen LogP contribution is 2.37. The molecule has 2 aliphatic rings. The minimum atomic E-state index is -1.15. The average molecular weight is 749 g/mol. The molecule has 0 bridgehead atoms. The Morgan fingerprint density at radius 3 is 1.78 bits per heavy atom. The minimum Gasteiger partial charge on any atom is -0.456 e. The standard InChI is InChI=1S/C16H20N4O5.C11H14N4O4.C6H6N4/c1-4-11-13(23-8(2)21)14(24-9(3)22)16(25-11)20-7-19-12-10(20)5-6-18-15(12)17;12-10-7-5(1-2-13-10)15(4-14-7)11-9(18)8(17)6(3-16)19-11;7-6-5-4(1-2-8-6)9-3-10-5/h5-7,11,13-14,16H,4H2,1-3H3,(H2,17,18);1-2,4,6,8-9,11,16-18H,3H2,(H2,12,13);1-3H,(H2,7,8)(H,9,10)/t11-,13?,14+,16-;6-,8?,9+,11-;/m11./s1. The lowest BCUT2D eigenvalue weighted by atomic mass is 10.1. The van der Waals surface area contributed by atoms with Gasteiger partial charge in [0, 0.05) is 32.4 Å². The molecule has 6 aromatic heterocycles. The number of aliphatic hydroxyl groups is 3. The third-order valence-electron chi connectivity index (χ3n) is 8.77. The van der Waals surface area contributed by atoms with E-state index in [1.807, 2.05) is 13.0 Å². The van der Waals surface area contributed by atoms with E-state index in [4.69, 9.17) is 41.3 Å². The van der Waals surface area contributed by atoms with Crippen molar-refractivity contribution in [1.82, 2.24) is 44.0 Å². The number of carbonyl (C=O) groups excluding carboxylic acids is 2. The second-order valence-corrected chi connectivity index (χ2v) is 12.3. The molecule has 8 atom stereocenters. The van der Waals surface area contributed by atoms with Crippen molar-refractivity contribution < 1.29 is 43.9 Å². The monoisotopic (exact) mass is 748 g/mol. The topological polar surface area (TPSA) is 313 Å². The lowest BCUT2D eigenvalue weighted by Gasteiger charge is -2.23. The average Bonchev–Trinajstić information content (AvgIpc) is 3.98. The van der Waals surface area contributed by atoms with Gasteiger partial charge in [0.25, 0.3) is 0 Å². The summed E-state index contributed by atoms with van der Waals surface area (Å²) in [5.74, 6) is 0.0931. The molecule has 0 aromatic carbocycles. The Kier molecular flexibility index (Phi) is 11.1. The Bertz CT molecular complexity index is 2240. The van der Waals surface area contributed by atoms with Crippen molar-refractivity contribution in [2.24, 2.45) is 0 Å². The first-order valence-corrected chi connectivity index (χ1v) is 16.7. The van der Waals surface area contributed by atoms with E-state index >= 15 is 0 Å². The smallest absolute Gasteiger partial charge is 0.303 e. The van der Waals surface area contributed by atoms with Gasteiger partial charge in [0.1, 0.15) is 41.0 Å². The fourth-order valence-electron chi connectivity index (χ4n) is 6.28. The number of carbonyl (C=O) groups is 2. The van der Waals surface area contributed by atoms with Crippen LogP contribution >= 0.6 is 0 Å². The number of H-pyrrole nitrogens is 1. The number of esters is 2. The van der Waals surface area contributed by atoms with Crippen molar-refractivity contribution in [3.63, 3.8) is 0 Å². The number of fused-ring (bicyclic) bond motifs is 3. The number of nitrogens with one attached hydrogen (secondary N) is 1. The van der Waals surface area contributed by atoms with E-state index in [1.165, 1.54) is 26.4 Å². The van der Waals surface area contributed by atoms with Crippen LogP contribution in [0.1, 0.15) is 39.6 Å². The number of hydrogen-bond donors (Lipinski definition) is 7. The van der Waals surface area contributed by atoms with Gasteiger partial charge in [-0.2, -0.15) is 0 Å². The van der Waals surface area contributed by atoms with Gasteiger partial charge >= 0.3 is 11.9 Å². The first-order valence-electron chi connectivity index (χ1n) is 16.7. The normalized spacial score (nSPS) is 24.9. The summed E-state index contributed by atoms with van der Waals surface area (Å²) >= 11 is 0. The Morgan fingerprint density at radius 1 is 0.741 bits per heavy atom. The predicted molar refractivity (Wildman–Crippen MR) is 191 cm³/mol. The van der Waals surface area contributed by atoms with Crippen LogP contribution in [0.25, 0.3) is 33.1 Å². The molecule has 2 fully saturated rings. The predicted octanol–water partition coefficient (Wildman–Crippen LogP) is 0.349. The van der Waals surface area contributed by atoms with Crippen LogP contribution in [0.5, 0.6) is 0 Å². The number of nitrogens with zero attached hydrogens (tertiary/aromatic N) is 8. The SMILES string of the molecule is CC[C@H]1O[C@@H](n2cnc3c(N)nccc32)[C@@H](OC(C)=O)C1OC(C)=O.Nc1nccc2[nH]cnc12.Nc1nccc2c1ncn2[C@@H]1O[C@H](CO)C(O)[C@@H]1O. The van der Waals surface area contributed by atoms with Crippen LogP contribution in [0.3, 0.4) is 0 Å². The summed E-state index contributed by atoms with van der Waals surface area (Å²) in [6.45, 7) is 4.15. The summed E-state index contributed by atoms with van der Waals surface area (Å²) in [5, 5.41) is 28.8. The molecule has 0 aliphatic carbocycles. The van der Waals surface area contributed by atoms with Gasteiger partial charge in [-0.15, -0.1) is 0 Å². The molecule has 0 amide bonds. The first-order chi connectivity index (χ1) is 25.9. The summed E-state index contributed by atoms with van der Waals surface area (Å²) in [4.78, 5) is 50.1. The molecule has 21 heteroatoms. The van der Waals surface area contributed by atoms with Crippen molar-refractivity contribution in [3.05, 3.63) is 55.8 Å². The molecule has 0 spiro atoms. The third-order valence-corrected chi connectivity index (χ3v) is 8.77. The molecular formula is C33H40N12O9. The third kappa shape index (κ3) is 7.43. The number of aromatic amines is 1.